The quantitative estimate of drug-likeness (QED) is 0.210. The first-order chi connectivity index (χ1) is 18.6. The predicted molar refractivity (Wildman–Crippen MR) is 156 cm³/mol. The molecule has 1 unspecified atom stereocenters. The zero-order valence-corrected chi connectivity index (χ0v) is 24.9. The van der Waals surface area contributed by atoms with Gasteiger partial charge in [-0.05, 0) is 62.3 Å². The minimum atomic E-state index is -1.04. The molecule has 2 rings (SSSR count). The van der Waals surface area contributed by atoms with Gasteiger partial charge in [0.15, 0.2) is 0 Å². The van der Waals surface area contributed by atoms with E-state index >= 15 is 0 Å². The van der Waals surface area contributed by atoms with Crippen LogP contribution in [0.15, 0.2) is 30.3 Å². The fourth-order valence-corrected chi connectivity index (χ4v) is 5.67. The average molecular weight is 547 g/mol. The molecule has 0 radical (unpaired) electrons. The Morgan fingerprint density at radius 2 is 1.59 bits per heavy atom. The number of carbonyl (C=O) groups excluding carboxylic acids is 2. The summed E-state index contributed by atoms with van der Waals surface area (Å²) in [4.78, 5) is 26.7. The Bertz CT molecular complexity index is 825. The fourth-order valence-electron chi connectivity index (χ4n) is 5.67. The minimum absolute atomic E-state index is 0.207. The number of aliphatic hydroxyl groups is 2. The molecule has 7 nitrogen and oxygen atoms in total. The average Bonchev–Trinajstić information content (AvgIpc) is 2.90. The Hall–Kier alpha value is -1.96. The van der Waals surface area contributed by atoms with Gasteiger partial charge in [-0.2, -0.15) is 0 Å². The van der Waals surface area contributed by atoms with E-state index in [-0.39, 0.29) is 30.3 Å². The molecule has 7 heteroatoms. The van der Waals surface area contributed by atoms with Crippen LogP contribution in [0, 0.1) is 17.8 Å². The zero-order chi connectivity index (χ0) is 28.8. The predicted octanol–water partition coefficient (Wildman–Crippen LogP) is 4.78. The van der Waals surface area contributed by atoms with Crippen LogP contribution >= 0.6 is 0 Å². The Kier molecular flexibility index (Phi) is 15.1. The lowest BCUT2D eigenvalue weighted by Crippen LogP contribution is -2.57. The van der Waals surface area contributed by atoms with E-state index in [0.717, 1.165) is 31.2 Å². The SMILES string of the molecule is CCOC(=O)C(CCc1ccccc1)N[C@@H](CC(C)C)C(=O)N[C@@H](CC1CCCCC1)[C@@H](O)[C@@H](O)CC(C)C. The molecule has 1 saturated carbocycles. The van der Waals surface area contributed by atoms with E-state index in [1.165, 1.54) is 6.42 Å². The van der Waals surface area contributed by atoms with Gasteiger partial charge in [-0.25, -0.2) is 0 Å². The second kappa shape index (κ2) is 17.7. The van der Waals surface area contributed by atoms with Crippen LogP contribution in [-0.2, 0) is 20.7 Å². The molecule has 1 fully saturated rings. The number of amides is 1. The van der Waals surface area contributed by atoms with E-state index in [1.807, 2.05) is 58.0 Å². The largest absolute Gasteiger partial charge is 0.465 e. The van der Waals surface area contributed by atoms with Crippen molar-refractivity contribution in [1.82, 2.24) is 10.6 Å². The van der Waals surface area contributed by atoms with Crippen molar-refractivity contribution >= 4 is 11.9 Å². The number of rotatable bonds is 17. The maximum atomic E-state index is 13.8. The molecule has 0 saturated heterocycles. The number of esters is 1. The third-order valence-corrected chi connectivity index (χ3v) is 7.72. The van der Waals surface area contributed by atoms with E-state index in [0.29, 0.717) is 38.0 Å². The molecule has 1 aliphatic rings. The molecule has 0 aromatic heterocycles. The van der Waals surface area contributed by atoms with Crippen LogP contribution in [0.1, 0.15) is 98.0 Å². The smallest absolute Gasteiger partial charge is 0.323 e. The van der Waals surface area contributed by atoms with Gasteiger partial charge in [0, 0.05) is 0 Å². The van der Waals surface area contributed by atoms with Crippen LogP contribution in [0.3, 0.4) is 0 Å². The number of carbonyl (C=O) groups is 2. The second-order valence-electron chi connectivity index (χ2n) is 12.2. The Balaban J connectivity index is 2.20. The molecule has 0 heterocycles. The van der Waals surface area contributed by atoms with Gasteiger partial charge in [-0.3, -0.25) is 14.9 Å². The van der Waals surface area contributed by atoms with E-state index in [1.54, 1.807) is 6.92 Å². The third-order valence-electron chi connectivity index (χ3n) is 7.72. The van der Waals surface area contributed by atoms with Crippen LogP contribution in [0.2, 0.25) is 0 Å². The van der Waals surface area contributed by atoms with Gasteiger partial charge in [-0.15, -0.1) is 0 Å². The molecule has 1 amide bonds. The van der Waals surface area contributed by atoms with Gasteiger partial charge in [0.25, 0.3) is 0 Å². The standard InChI is InChI=1S/C32H54N2O5/c1-6-39-32(38)26(18-17-24-13-9-7-10-14-24)33-28(19-22(2)3)31(37)34-27(21-25-15-11-8-12-16-25)30(36)29(35)20-23(4)5/h7,9-10,13-14,22-23,25-30,33,35-36H,6,8,11-12,15-21H2,1-5H3,(H,34,37)/t26?,27-,28-,29-,30+/m0/s1. The lowest BCUT2D eigenvalue weighted by Gasteiger charge is -2.34. The molecular formula is C32H54N2O5. The molecule has 0 aliphatic heterocycles. The van der Waals surface area contributed by atoms with Crippen molar-refractivity contribution in [2.24, 2.45) is 17.8 Å². The second-order valence-corrected chi connectivity index (χ2v) is 12.2. The monoisotopic (exact) mass is 546 g/mol. The molecule has 0 bridgehead atoms. The first-order valence-corrected chi connectivity index (χ1v) is 15.2. The topological polar surface area (TPSA) is 108 Å². The van der Waals surface area contributed by atoms with Crippen LogP contribution in [0.5, 0.6) is 0 Å². The first-order valence-electron chi connectivity index (χ1n) is 15.2. The van der Waals surface area contributed by atoms with E-state index in [4.69, 9.17) is 4.74 Å². The number of nitrogens with one attached hydrogen (secondary N) is 2. The van der Waals surface area contributed by atoms with Gasteiger partial charge in [0.2, 0.25) is 5.91 Å². The number of benzene rings is 1. The molecule has 1 aromatic carbocycles. The molecular weight excluding hydrogens is 492 g/mol. The molecule has 39 heavy (non-hydrogen) atoms. The number of aliphatic hydroxyl groups excluding tert-OH is 2. The van der Waals surface area contributed by atoms with Crippen LogP contribution < -0.4 is 10.6 Å². The number of hydrogen-bond donors (Lipinski definition) is 4. The highest BCUT2D eigenvalue weighted by Gasteiger charge is 2.34. The highest BCUT2D eigenvalue weighted by Crippen LogP contribution is 2.29. The minimum Gasteiger partial charge on any atom is -0.465 e. The fraction of sp³-hybridized carbons (Fsp3) is 0.750. The Morgan fingerprint density at radius 1 is 0.949 bits per heavy atom. The summed E-state index contributed by atoms with van der Waals surface area (Å²) in [7, 11) is 0. The maximum Gasteiger partial charge on any atom is 0.323 e. The summed E-state index contributed by atoms with van der Waals surface area (Å²) >= 11 is 0. The molecule has 1 aliphatic carbocycles. The highest BCUT2D eigenvalue weighted by atomic mass is 16.5. The lowest BCUT2D eigenvalue weighted by atomic mass is 9.82. The van der Waals surface area contributed by atoms with Crippen LogP contribution in [-0.4, -0.2) is 59.0 Å². The van der Waals surface area contributed by atoms with Gasteiger partial charge < -0.3 is 20.3 Å². The van der Waals surface area contributed by atoms with Crippen molar-refractivity contribution in [2.75, 3.05) is 6.61 Å². The van der Waals surface area contributed by atoms with E-state index < -0.39 is 30.3 Å². The van der Waals surface area contributed by atoms with Gasteiger partial charge in [-0.1, -0.05) is 90.1 Å². The number of hydrogen-bond acceptors (Lipinski definition) is 6. The number of aryl methyl sites for hydroxylation is 1. The van der Waals surface area contributed by atoms with Gasteiger partial charge >= 0.3 is 5.97 Å². The van der Waals surface area contributed by atoms with E-state index in [9.17, 15) is 19.8 Å². The van der Waals surface area contributed by atoms with Gasteiger partial charge in [0.1, 0.15) is 12.1 Å². The molecule has 1 aromatic rings. The summed E-state index contributed by atoms with van der Waals surface area (Å²) in [5.74, 6) is 0.250. The molecule has 0 spiro atoms. The zero-order valence-electron chi connectivity index (χ0n) is 24.9. The summed E-state index contributed by atoms with van der Waals surface area (Å²) in [5, 5.41) is 28.4. The van der Waals surface area contributed by atoms with Crippen molar-refractivity contribution in [3.63, 3.8) is 0 Å². The summed E-state index contributed by atoms with van der Waals surface area (Å²) in [6.07, 6.45) is 6.59. The Morgan fingerprint density at radius 3 is 2.18 bits per heavy atom. The molecule has 5 atom stereocenters. The molecule has 4 N–H and O–H groups in total. The van der Waals surface area contributed by atoms with Crippen molar-refractivity contribution < 1.29 is 24.5 Å². The van der Waals surface area contributed by atoms with Crippen molar-refractivity contribution in [3.8, 4) is 0 Å². The Labute approximate surface area is 236 Å². The van der Waals surface area contributed by atoms with Crippen LogP contribution in [0.4, 0.5) is 0 Å². The van der Waals surface area contributed by atoms with E-state index in [2.05, 4.69) is 10.6 Å². The summed E-state index contributed by atoms with van der Waals surface area (Å²) in [5.41, 5.74) is 1.12. The van der Waals surface area contributed by atoms with Crippen molar-refractivity contribution in [3.05, 3.63) is 35.9 Å². The molecule has 222 valence electrons. The normalized spacial score (nSPS) is 18.4. The lowest BCUT2D eigenvalue weighted by molar-refractivity contribution is -0.146. The summed E-state index contributed by atoms with van der Waals surface area (Å²) in [6.45, 7) is 10.2. The van der Waals surface area contributed by atoms with Crippen molar-refractivity contribution in [1.29, 1.82) is 0 Å². The van der Waals surface area contributed by atoms with Crippen molar-refractivity contribution in [2.45, 2.75) is 129 Å². The van der Waals surface area contributed by atoms with Crippen LogP contribution in [0.25, 0.3) is 0 Å². The highest BCUT2D eigenvalue weighted by molar-refractivity contribution is 5.83. The number of ether oxygens (including phenoxy) is 1. The third kappa shape index (κ3) is 12.4. The summed E-state index contributed by atoms with van der Waals surface area (Å²) in [6, 6.07) is 8.16. The maximum absolute atomic E-state index is 13.8. The van der Waals surface area contributed by atoms with Gasteiger partial charge in [0.05, 0.1) is 24.8 Å². The first kappa shape index (κ1) is 33.2. The summed E-state index contributed by atoms with van der Waals surface area (Å²) < 4.78 is 5.36.